The molecule has 0 heterocycles. The number of carboxylic acids is 1. The normalized spacial score (nSPS) is 10.1. The maximum atomic E-state index is 10.9. The van der Waals surface area contributed by atoms with Crippen molar-refractivity contribution in [3.63, 3.8) is 0 Å². The van der Waals surface area contributed by atoms with E-state index in [2.05, 4.69) is 0 Å². The van der Waals surface area contributed by atoms with Crippen molar-refractivity contribution in [2.75, 3.05) is 24.3 Å². The van der Waals surface area contributed by atoms with Crippen molar-refractivity contribution in [3.05, 3.63) is 22.7 Å². The number of hydrogen-bond acceptors (Lipinski definition) is 4. The lowest BCUT2D eigenvalue weighted by Gasteiger charge is -2.10. The highest BCUT2D eigenvalue weighted by atomic mass is 35.5. The number of nitrogen functional groups attached to an aromatic ring is 1. The molecule has 1 aromatic rings. The highest BCUT2D eigenvalue weighted by Gasteiger charge is 2.14. The summed E-state index contributed by atoms with van der Waals surface area (Å²) in [6.45, 7) is 0.433. The van der Waals surface area contributed by atoms with Gasteiger partial charge in [-0.05, 0) is 12.3 Å². The van der Waals surface area contributed by atoms with Crippen LogP contribution in [0.2, 0.25) is 5.02 Å². The summed E-state index contributed by atoms with van der Waals surface area (Å²) in [6.07, 6.45) is 1.94. The SMILES string of the molecule is CSCCOc1cc(N)c(Cl)cc1C(=O)O. The van der Waals surface area contributed by atoms with Gasteiger partial charge in [0.2, 0.25) is 0 Å². The van der Waals surface area contributed by atoms with E-state index in [0.717, 1.165) is 5.75 Å². The highest BCUT2D eigenvalue weighted by Crippen LogP contribution is 2.29. The van der Waals surface area contributed by atoms with Gasteiger partial charge in [0.15, 0.2) is 0 Å². The second kappa shape index (κ2) is 5.86. The van der Waals surface area contributed by atoms with Crippen LogP contribution in [0, 0.1) is 0 Å². The standard InChI is InChI=1S/C10H12ClNO3S/c1-16-3-2-15-9-5-8(12)7(11)4-6(9)10(13)14/h4-5H,2-3,12H2,1H3,(H,13,14). The van der Waals surface area contributed by atoms with Gasteiger partial charge in [0.25, 0.3) is 0 Å². The van der Waals surface area contributed by atoms with Crippen molar-refractivity contribution in [2.45, 2.75) is 0 Å². The molecule has 16 heavy (non-hydrogen) atoms. The van der Waals surface area contributed by atoms with E-state index in [1.165, 1.54) is 12.1 Å². The zero-order chi connectivity index (χ0) is 12.1. The Balaban J connectivity index is 2.95. The van der Waals surface area contributed by atoms with Gasteiger partial charge in [-0.15, -0.1) is 0 Å². The van der Waals surface area contributed by atoms with Gasteiger partial charge in [-0.3, -0.25) is 0 Å². The van der Waals surface area contributed by atoms with Crippen LogP contribution in [-0.4, -0.2) is 29.7 Å². The van der Waals surface area contributed by atoms with Gasteiger partial charge in [0, 0.05) is 11.8 Å². The van der Waals surface area contributed by atoms with Crippen molar-refractivity contribution in [1.82, 2.24) is 0 Å². The van der Waals surface area contributed by atoms with E-state index < -0.39 is 5.97 Å². The first-order valence-electron chi connectivity index (χ1n) is 4.50. The molecule has 88 valence electrons. The molecule has 0 aliphatic heterocycles. The number of benzene rings is 1. The van der Waals surface area contributed by atoms with E-state index in [4.69, 9.17) is 27.2 Å². The van der Waals surface area contributed by atoms with Crippen LogP contribution in [0.3, 0.4) is 0 Å². The summed E-state index contributed by atoms with van der Waals surface area (Å²) in [6, 6.07) is 2.74. The van der Waals surface area contributed by atoms with E-state index in [-0.39, 0.29) is 16.3 Å². The molecule has 0 aliphatic carbocycles. The fraction of sp³-hybridized carbons (Fsp3) is 0.300. The molecular formula is C10H12ClNO3S. The van der Waals surface area contributed by atoms with E-state index >= 15 is 0 Å². The molecule has 0 saturated carbocycles. The first kappa shape index (κ1) is 13.0. The second-order valence-corrected chi connectivity index (χ2v) is 4.41. The molecule has 3 N–H and O–H groups in total. The summed E-state index contributed by atoms with van der Waals surface area (Å²) in [5, 5.41) is 9.17. The zero-order valence-electron chi connectivity index (χ0n) is 8.70. The minimum Gasteiger partial charge on any atom is -0.492 e. The van der Waals surface area contributed by atoms with Crippen molar-refractivity contribution >= 4 is 35.0 Å². The monoisotopic (exact) mass is 261 g/mol. The molecular weight excluding hydrogens is 250 g/mol. The predicted molar refractivity (Wildman–Crippen MR) is 66.7 cm³/mol. The van der Waals surface area contributed by atoms with Gasteiger partial charge in [0.05, 0.1) is 17.3 Å². The third kappa shape index (κ3) is 3.21. The number of ether oxygens (including phenoxy) is 1. The summed E-state index contributed by atoms with van der Waals surface area (Å²) < 4.78 is 5.33. The molecule has 0 saturated heterocycles. The molecule has 0 radical (unpaired) electrons. The minimum absolute atomic E-state index is 0.0281. The molecule has 4 nitrogen and oxygen atoms in total. The molecule has 0 atom stereocenters. The van der Waals surface area contributed by atoms with Gasteiger partial charge in [-0.2, -0.15) is 11.8 Å². The molecule has 0 amide bonds. The van der Waals surface area contributed by atoms with Gasteiger partial charge < -0.3 is 15.6 Å². The molecule has 6 heteroatoms. The summed E-state index contributed by atoms with van der Waals surface area (Å²) in [4.78, 5) is 10.9. The number of aromatic carboxylic acids is 1. The van der Waals surface area contributed by atoms with Crippen LogP contribution in [-0.2, 0) is 0 Å². The summed E-state index contributed by atoms with van der Waals surface area (Å²) in [7, 11) is 0. The van der Waals surface area contributed by atoms with Gasteiger partial charge in [-0.1, -0.05) is 11.6 Å². The lowest BCUT2D eigenvalue weighted by atomic mass is 10.2. The lowest BCUT2D eigenvalue weighted by molar-refractivity contribution is 0.0692. The Morgan fingerprint density at radius 2 is 2.31 bits per heavy atom. The largest absolute Gasteiger partial charge is 0.492 e. The summed E-state index contributed by atoms with van der Waals surface area (Å²) >= 11 is 7.36. The van der Waals surface area contributed by atoms with E-state index in [1.807, 2.05) is 6.26 Å². The fourth-order valence-corrected chi connectivity index (χ4v) is 1.50. The number of halogens is 1. The molecule has 0 spiro atoms. The Kier molecular flexibility index (Phi) is 4.76. The summed E-state index contributed by atoms with van der Waals surface area (Å²) in [5.41, 5.74) is 5.92. The quantitative estimate of drug-likeness (QED) is 0.629. The van der Waals surface area contributed by atoms with Gasteiger partial charge in [-0.25, -0.2) is 4.79 Å². The molecule has 0 bridgehead atoms. The number of hydrogen-bond donors (Lipinski definition) is 2. The van der Waals surface area contributed by atoms with Crippen molar-refractivity contribution in [1.29, 1.82) is 0 Å². The maximum absolute atomic E-state index is 10.9. The third-order valence-corrected chi connectivity index (χ3v) is 2.78. The van der Waals surface area contributed by atoms with Crippen LogP contribution in [0.15, 0.2) is 12.1 Å². The van der Waals surface area contributed by atoms with Crippen molar-refractivity contribution < 1.29 is 14.6 Å². The molecule has 0 aromatic heterocycles. The number of nitrogens with two attached hydrogens (primary N) is 1. The first-order valence-corrected chi connectivity index (χ1v) is 6.27. The highest BCUT2D eigenvalue weighted by molar-refractivity contribution is 7.98. The number of thioether (sulfide) groups is 1. The topological polar surface area (TPSA) is 72.5 Å². The van der Waals surface area contributed by atoms with Crippen LogP contribution >= 0.6 is 23.4 Å². The zero-order valence-corrected chi connectivity index (χ0v) is 10.3. The third-order valence-electron chi connectivity index (χ3n) is 1.87. The van der Waals surface area contributed by atoms with E-state index in [0.29, 0.717) is 12.3 Å². The van der Waals surface area contributed by atoms with Crippen LogP contribution in [0.5, 0.6) is 5.75 Å². The van der Waals surface area contributed by atoms with Crippen molar-refractivity contribution in [3.8, 4) is 5.75 Å². The van der Waals surface area contributed by atoms with E-state index in [9.17, 15) is 4.79 Å². The molecule has 1 aromatic carbocycles. The molecule has 0 fully saturated rings. The van der Waals surface area contributed by atoms with Crippen LogP contribution < -0.4 is 10.5 Å². The molecule has 0 unspecified atom stereocenters. The Labute approximate surface area is 103 Å². The summed E-state index contributed by atoms with van der Waals surface area (Å²) in [5.74, 6) is -0.0498. The number of carbonyl (C=O) groups is 1. The Morgan fingerprint density at radius 1 is 1.62 bits per heavy atom. The Hall–Kier alpha value is -1.07. The smallest absolute Gasteiger partial charge is 0.339 e. The first-order chi connectivity index (χ1) is 7.56. The number of anilines is 1. The number of rotatable bonds is 5. The Morgan fingerprint density at radius 3 is 2.88 bits per heavy atom. The van der Waals surface area contributed by atoms with E-state index in [1.54, 1.807) is 11.8 Å². The minimum atomic E-state index is -1.08. The van der Waals surface area contributed by atoms with Gasteiger partial charge in [0.1, 0.15) is 11.3 Å². The second-order valence-electron chi connectivity index (χ2n) is 3.02. The fourth-order valence-electron chi connectivity index (χ4n) is 1.09. The van der Waals surface area contributed by atoms with Crippen LogP contribution in [0.25, 0.3) is 0 Å². The average Bonchev–Trinajstić information content (AvgIpc) is 2.23. The maximum Gasteiger partial charge on any atom is 0.339 e. The van der Waals surface area contributed by atoms with Crippen molar-refractivity contribution in [2.24, 2.45) is 0 Å². The molecule has 1 rings (SSSR count). The van der Waals surface area contributed by atoms with Gasteiger partial charge >= 0.3 is 5.97 Å². The predicted octanol–water partition coefficient (Wildman–Crippen LogP) is 2.36. The van der Waals surface area contributed by atoms with Crippen LogP contribution in [0.4, 0.5) is 5.69 Å². The lowest BCUT2D eigenvalue weighted by Crippen LogP contribution is -2.07. The average molecular weight is 262 g/mol. The van der Waals surface area contributed by atoms with Crippen LogP contribution in [0.1, 0.15) is 10.4 Å². The Bertz CT molecular complexity index is 398. The molecule has 0 aliphatic rings. The number of carboxylic acid groups (broad SMARTS) is 1.